The van der Waals surface area contributed by atoms with Crippen molar-refractivity contribution in [3.05, 3.63) is 23.4 Å². The predicted octanol–water partition coefficient (Wildman–Crippen LogP) is 2.21. The molecule has 0 aliphatic carbocycles. The molecular weight excluding hydrogens is 228 g/mol. The molecule has 1 saturated heterocycles. The van der Waals surface area contributed by atoms with Gasteiger partial charge in [0, 0.05) is 32.0 Å². The third kappa shape index (κ3) is 3.07. The van der Waals surface area contributed by atoms with Crippen LogP contribution in [0.2, 0.25) is 0 Å². The first-order chi connectivity index (χ1) is 8.70. The van der Waals surface area contributed by atoms with Crippen LogP contribution in [0, 0.1) is 6.92 Å². The van der Waals surface area contributed by atoms with E-state index in [0.717, 1.165) is 37.2 Å². The van der Waals surface area contributed by atoms with Gasteiger partial charge in [-0.25, -0.2) is 4.98 Å². The smallest absolute Gasteiger partial charge is 0.151 e. The second kappa shape index (κ2) is 5.96. The monoisotopic (exact) mass is 248 g/mol. The van der Waals surface area contributed by atoms with E-state index in [1.54, 1.807) is 6.20 Å². The van der Waals surface area contributed by atoms with E-state index in [9.17, 15) is 4.79 Å². The Morgan fingerprint density at radius 1 is 1.56 bits per heavy atom. The van der Waals surface area contributed by atoms with Crippen molar-refractivity contribution in [1.29, 1.82) is 0 Å². The zero-order valence-corrected chi connectivity index (χ0v) is 11.1. The first-order valence-electron chi connectivity index (χ1n) is 6.45. The summed E-state index contributed by atoms with van der Waals surface area (Å²) in [4.78, 5) is 17.1. The Bertz CT molecular complexity index is 414. The number of aldehydes is 1. The van der Waals surface area contributed by atoms with Crippen molar-refractivity contribution in [2.24, 2.45) is 0 Å². The van der Waals surface area contributed by atoms with E-state index < -0.39 is 0 Å². The van der Waals surface area contributed by atoms with Crippen LogP contribution in [0.15, 0.2) is 12.3 Å². The number of aromatic nitrogens is 1. The maximum absolute atomic E-state index is 10.7. The maximum atomic E-state index is 10.7. The van der Waals surface area contributed by atoms with Crippen LogP contribution in [0.3, 0.4) is 0 Å². The normalized spacial score (nSPS) is 19.6. The molecule has 0 amide bonds. The van der Waals surface area contributed by atoms with E-state index in [1.807, 2.05) is 20.0 Å². The summed E-state index contributed by atoms with van der Waals surface area (Å²) in [5.74, 6) is 0.926. The van der Waals surface area contributed by atoms with Gasteiger partial charge < -0.3 is 9.64 Å². The fourth-order valence-electron chi connectivity index (χ4n) is 2.40. The largest absolute Gasteiger partial charge is 0.376 e. The quantitative estimate of drug-likeness (QED) is 0.766. The fraction of sp³-hybridized carbons (Fsp3) is 0.571. The number of pyridine rings is 1. The van der Waals surface area contributed by atoms with Crippen molar-refractivity contribution in [2.45, 2.75) is 32.3 Å². The van der Waals surface area contributed by atoms with Gasteiger partial charge in [-0.3, -0.25) is 4.79 Å². The van der Waals surface area contributed by atoms with Crippen molar-refractivity contribution in [2.75, 3.05) is 25.1 Å². The molecule has 2 rings (SSSR count). The van der Waals surface area contributed by atoms with E-state index >= 15 is 0 Å². The second-order valence-electron chi connectivity index (χ2n) is 4.90. The molecule has 4 nitrogen and oxygen atoms in total. The van der Waals surface area contributed by atoms with E-state index in [2.05, 4.69) is 9.88 Å². The molecule has 1 aliphatic heterocycles. The van der Waals surface area contributed by atoms with E-state index in [1.165, 1.54) is 12.8 Å². The molecule has 0 radical (unpaired) electrons. The van der Waals surface area contributed by atoms with Gasteiger partial charge in [-0.1, -0.05) is 0 Å². The number of rotatable bonds is 4. The summed E-state index contributed by atoms with van der Waals surface area (Å²) in [5, 5.41) is 0. The number of nitrogens with zero attached hydrogens (tertiary/aromatic N) is 2. The maximum Gasteiger partial charge on any atom is 0.151 e. The van der Waals surface area contributed by atoms with Crippen molar-refractivity contribution < 1.29 is 9.53 Å². The number of anilines is 1. The first-order valence-corrected chi connectivity index (χ1v) is 6.45. The molecule has 1 atom stereocenters. The average molecular weight is 248 g/mol. The minimum Gasteiger partial charge on any atom is -0.376 e. The van der Waals surface area contributed by atoms with Crippen LogP contribution in [0.4, 0.5) is 5.82 Å². The van der Waals surface area contributed by atoms with Gasteiger partial charge in [0.1, 0.15) is 5.82 Å². The van der Waals surface area contributed by atoms with E-state index in [0.29, 0.717) is 11.7 Å². The number of hydrogen-bond acceptors (Lipinski definition) is 4. The number of carbonyl (C=O) groups excluding carboxylic acids is 1. The lowest BCUT2D eigenvalue weighted by Crippen LogP contribution is -2.34. The minimum absolute atomic E-state index is 0.302. The van der Waals surface area contributed by atoms with Gasteiger partial charge in [0.25, 0.3) is 0 Å². The Kier molecular flexibility index (Phi) is 4.31. The molecule has 0 aromatic carbocycles. The SMILES string of the molecule is Cc1cc(C=O)cnc1N(C)CC1CCCCO1. The highest BCUT2D eigenvalue weighted by Crippen LogP contribution is 2.19. The highest BCUT2D eigenvalue weighted by Gasteiger charge is 2.17. The molecule has 1 fully saturated rings. The topological polar surface area (TPSA) is 42.4 Å². The van der Waals surface area contributed by atoms with Crippen molar-refractivity contribution in [3.8, 4) is 0 Å². The Morgan fingerprint density at radius 2 is 2.39 bits per heavy atom. The van der Waals surface area contributed by atoms with Gasteiger partial charge in [-0.05, 0) is 37.8 Å². The zero-order chi connectivity index (χ0) is 13.0. The molecule has 1 unspecified atom stereocenters. The third-order valence-electron chi connectivity index (χ3n) is 3.32. The Morgan fingerprint density at radius 3 is 3.00 bits per heavy atom. The molecule has 0 bridgehead atoms. The molecular formula is C14H20N2O2. The average Bonchev–Trinajstić information content (AvgIpc) is 2.39. The Labute approximate surface area is 108 Å². The van der Waals surface area contributed by atoms with Gasteiger partial charge in [0.2, 0.25) is 0 Å². The lowest BCUT2D eigenvalue weighted by atomic mass is 10.1. The van der Waals surface area contributed by atoms with Gasteiger partial charge >= 0.3 is 0 Å². The summed E-state index contributed by atoms with van der Waals surface area (Å²) in [5.41, 5.74) is 1.65. The zero-order valence-electron chi connectivity index (χ0n) is 11.1. The summed E-state index contributed by atoms with van der Waals surface area (Å²) < 4.78 is 5.73. The lowest BCUT2D eigenvalue weighted by Gasteiger charge is -2.28. The van der Waals surface area contributed by atoms with Gasteiger partial charge in [0.05, 0.1) is 6.10 Å². The molecule has 2 heterocycles. The van der Waals surface area contributed by atoms with Crippen LogP contribution < -0.4 is 4.90 Å². The van der Waals surface area contributed by atoms with Gasteiger partial charge in [-0.15, -0.1) is 0 Å². The van der Waals surface area contributed by atoms with Crippen molar-refractivity contribution >= 4 is 12.1 Å². The number of hydrogen-bond donors (Lipinski definition) is 0. The summed E-state index contributed by atoms with van der Waals surface area (Å²) in [7, 11) is 2.02. The molecule has 4 heteroatoms. The minimum atomic E-state index is 0.302. The Hall–Kier alpha value is -1.42. The third-order valence-corrected chi connectivity index (χ3v) is 3.32. The first kappa shape index (κ1) is 13.0. The van der Waals surface area contributed by atoms with Gasteiger partial charge in [-0.2, -0.15) is 0 Å². The lowest BCUT2D eigenvalue weighted by molar-refractivity contribution is 0.0215. The molecule has 1 aliphatic rings. The molecule has 98 valence electrons. The van der Waals surface area contributed by atoms with Crippen LogP contribution >= 0.6 is 0 Å². The van der Waals surface area contributed by atoms with Crippen molar-refractivity contribution in [1.82, 2.24) is 4.98 Å². The molecule has 0 spiro atoms. The number of carbonyl (C=O) groups is 1. The summed E-state index contributed by atoms with van der Waals surface area (Å²) in [6, 6.07) is 1.87. The van der Waals surface area contributed by atoms with Crippen LogP contribution in [0.25, 0.3) is 0 Å². The van der Waals surface area contributed by atoms with E-state index in [4.69, 9.17) is 4.74 Å². The standard InChI is InChI=1S/C14H20N2O2/c1-11-7-12(10-17)8-15-14(11)16(2)9-13-5-3-4-6-18-13/h7-8,10,13H,3-6,9H2,1-2H3. The molecule has 0 N–H and O–H groups in total. The molecule has 1 aromatic heterocycles. The highest BCUT2D eigenvalue weighted by molar-refractivity contribution is 5.75. The van der Waals surface area contributed by atoms with Crippen LogP contribution in [0.1, 0.15) is 35.2 Å². The predicted molar refractivity (Wildman–Crippen MR) is 71.2 cm³/mol. The van der Waals surface area contributed by atoms with Crippen molar-refractivity contribution in [3.63, 3.8) is 0 Å². The summed E-state index contributed by atoms with van der Waals surface area (Å²) >= 11 is 0. The molecule has 1 aromatic rings. The summed E-state index contributed by atoms with van der Waals surface area (Å²) in [6.45, 7) is 3.71. The number of aryl methyl sites for hydroxylation is 1. The van der Waals surface area contributed by atoms with Crippen LogP contribution in [-0.2, 0) is 4.74 Å². The Balaban J connectivity index is 2.03. The molecule has 18 heavy (non-hydrogen) atoms. The van der Waals surface area contributed by atoms with Crippen LogP contribution in [-0.4, -0.2) is 37.6 Å². The number of ether oxygens (including phenoxy) is 1. The second-order valence-corrected chi connectivity index (χ2v) is 4.90. The van der Waals surface area contributed by atoms with E-state index in [-0.39, 0.29) is 0 Å². The van der Waals surface area contributed by atoms with Crippen LogP contribution in [0.5, 0.6) is 0 Å². The fourth-order valence-corrected chi connectivity index (χ4v) is 2.40. The molecule has 0 saturated carbocycles. The van der Waals surface area contributed by atoms with Gasteiger partial charge in [0.15, 0.2) is 6.29 Å². The summed E-state index contributed by atoms with van der Waals surface area (Å²) in [6.07, 6.45) is 6.29. The number of likely N-dealkylation sites (N-methyl/N-ethyl adjacent to an activating group) is 1. The highest BCUT2D eigenvalue weighted by atomic mass is 16.5.